The highest BCUT2D eigenvalue weighted by molar-refractivity contribution is 5.98. The van der Waals surface area contributed by atoms with Crippen LogP contribution in [0.15, 0.2) is 35.5 Å². The van der Waals surface area contributed by atoms with Crippen molar-refractivity contribution in [1.82, 2.24) is 9.80 Å². The van der Waals surface area contributed by atoms with Crippen molar-refractivity contribution in [2.75, 3.05) is 14.1 Å². The molecule has 1 aromatic rings. The summed E-state index contributed by atoms with van der Waals surface area (Å²) in [5, 5.41) is 11.0. The van der Waals surface area contributed by atoms with E-state index in [2.05, 4.69) is 0 Å². The monoisotopic (exact) mass is 303 g/mol. The minimum atomic E-state index is -0.624. The largest absolute Gasteiger partial charge is 0.324 e. The van der Waals surface area contributed by atoms with Gasteiger partial charge in [-0.25, -0.2) is 4.79 Å². The second-order valence-electron chi connectivity index (χ2n) is 5.26. The van der Waals surface area contributed by atoms with Gasteiger partial charge in [-0.2, -0.15) is 0 Å². The van der Waals surface area contributed by atoms with E-state index in [1.807, 2.05) is 0 Å². The lowest BCUT2D eigenvalue weighted by molar-refractivity contribution is -0.384. The first-order valence-electron chi connectivity index (χ1n) is 6.72. The Kier molecular flexibility index (Phi) is 3.99. The number of allylic oxidation sites excluding steroid dienone is 1. The van der Waals surface area contributed by atoms with Gasteiger partial charge >= 0.3 is 6.03 Å². The zero-order chi connectivity index (χ0) is 16.6. The summed E-state index contributed by atoms with van der Waals surface area (Å²) in [5.41, 5.74) is 1.50. The number of hydrogen-bond acceptors (Lipinski definition) is 4. The lowest BCUT2D eigenvalue weighted by atomic mass is 9.91. The maximum Gasteiger partial charge on any atom is 0.324 e. The molecule has 0 saturated carbocycles. The fourth-order valence-corrected chi connectivity index (χ4v) is 2.71. The molecule has 2 amide bonds. The van der Waals surface area contributed by atoms with Crippen LogP contribution in [0.3, 0.4) is 0 Å². The maximum absolute atomic E-state index is 12.3. The van der Waals surface area contributed by atoms with Gasteiger partial charge in [0.15, 0.2) is 5.78 Å². The highest BCUT2D eigenvalue weighted by Gasteiger charge is 2.37. The summed E-state index contributed by atoms with van der Waals surface area (Å²) in [6.07, 6.45) is 0. The van der Waals surface area contributed by atoms with E-state index in [1.165, 1.54) is 28.9 Å². The molecular formula is C15H17N3O4. The van der Waals surface area contributed by atoms with Crippen LogP contribution in [-0.2, 0) is 4.79 Å². The minimum absolute atomic E-state index is 0.0715. The van der Waals surface area contributed by atoms with Gasteiger partial charge in [0.25, 0.3) is 5.69 Å². The maximum atomic E-state index is 12.3. The number of benzene rings is 1. The highest BCUT2D eigenvalue weighted by atomic mass is 16.6. The van der Waals surface area contributed by atoms with Crippen LogP contribution in [0.5, 0.6) is 0 Å². The normalized spacial score (nSPS) is 18.7. The van der Waals surface area contributed by atoms with Gasteiger partial charge in [-0.05, 0) is 19.4 Å². The summed E-state index contributed by atoms with van der Waals surface area (Å²) < 4.78 is 0. The molecule has 1 unspecified atom stereocenters. The Morgan fingerprint density at radius 1 is 1.32 bits per heavy atom. The van der Waals surface area contributed by atoms with Crippen molar-refractivity contribution in [3.05, 3.63) is 51.2 Å². The molecule has 0 N–H and O–H groups in total. The van der Waals surface area contributed by atoms with Crippen LogP contribution in [0.2, 0.25) is 0 Å². The van der Waals surface area contributed by atoms with Gasteiger partial charge in [-0.3, -0.25) is 14.9 Å². The molecule has 1 atom stereocenters. The first kappa shape index (κ1) is 15.7. The molecule has 0 fully saturated rings. The number of nitrogens with zero attached hydrogens (tertiary/aromatic N) is 3. The molecule has 2 rings (SSSR count). The van der Waals surface area contributed by atoms with Crippen LogP contribution in [0.1, 0.15) is 25.5 Å². The number of Topliss-reactive ketones (excluding diaryl/α,β-unsaturated/α-hetero) is 1. The molecule has 7 heteroatoms. The standard InChI is InChI=1S/C15H17N3O4/c1-9-13(10(2)19)14(17(4)15(20)16(9)3)11-6-5-7-12(8-11)18(21)22/h5-8,14H,1-4H3. The van der Waals surface area contributed by atoms with Crippen molar-refractivity contribution < 1.29 is 14.5 Å². The van der Waals surface area contributed by atoms with E-state index in [4.69, 9.17) is 0 Å². The van der Waals surface area contributed by atoms with E-state index >= 15 is 0 Å². The van der Waals surface area contributed by atoms with Gasteiger partial charge < -0.3 is 9.80 Å². The first-order chi connectivity index (χ1) is 10.3. The molecule has 1 aliphatic rings. The summed E-state index contributed by atoms with van der Waals surface area (Å²) in [6.45, 7) is 3.13. The van der Waals surface area contributed by atoms with E-state index in [1.54, 1.807) is 33.2 Å². The molecule has 1 heterocycles. The lowest BCUT2D eigenvalue weighted by Gasteiger charge is -2.39. The first-order valence-corrected chi connectivity index (χ1v) is 6.72. The van der Waals surface area contributed by atoms with Crippen LogP contribution in [0, 0.1) is 10.1 Å². The Balaban J connectivity index is 2.64. The summed E-state index contributed by atoms with van der Waals surface area (Å²) in [4.78, 5) is 37.6. The van der Waals surface area contributed by atoms with E-state index < -0.39 is 11.0 Å². The van der Waals surface area contributed by atoms with Crippen molar-refractivity contribution in [3.63, 3.8) is 0 Å². The van der Waals surface area contributed by atoms with Crippen molar-refractivity contribution in [3.8, 4) is 0 Å². The fraction of sp³-hybridized carbons (Fsp3) is 0.333. The molecule has 116 valence electrons. The molecule has 1 aliphatic heterocycles. The topological polar surface area (TPSA) is 83.8 Å². The van der Waals surface area contributed by atoms with E-state index in [0.717, 1.165) is 0 Å². The zero-order valence-electron chi connectivity index (χ0n) is 12.9. The number of amides is 2. The molecule has 22 heavy (non-hydrogen) atoms. The van der Waals surface area contributed by atoms with Crippen molar-refractivity contribution in [1.29, 1.82) is 0 Å². The number of nitro groups is 1. The fourth-order valence-electron chi connectivity index (χ4n) is 2.71. The smallest absolute Gasteiger partial charge is 0.316 e. The van der Waals surface area contributed by atoms with Gasteiger partial charge in [0.05, 0.1) is 11.0 Å². The van der Waals surface area contributed by atoms with Crippen LogP contribution < -0.4 is 0 Å². The third-order valence-electron chi connectivity index (χ3n) is 3.92. The van der Waals surface area contributed by atoms with Crippen LogP contribution in [-0.4, -0.2) is 40.6 Å². The number of nitro benzene ring substituents is 1. The predicted molar refractivity (Wildman–Crippen MR) is 80.1 cm³/mol. The Morgan fingerprint density at radius 2 is 1.95 bits per heavy atom. The van der Waals surface area contributed by atoms with Crippen molar-refractivity contribution in [2.24, 2.45) is 0 Å². The molecule has 0 spiro atoms. The zero-order valence-corrected chi connectivity index (χ0v) is 12.9. The molecule has 0 saturated heterocycles. The molecular weight excluding hydrogens is 286 g/mol. The van der Waals surface area contributed by atoms with Crippen LogP contribution in [0.25, 0.3) is 0 Å². The van der Waals surface area contributed by atoms with E-state index in [0.29, 0.717) is 16.8 Å². The van der Waals surface area contributed by atoms with Crippen molar-refractivity contribution >= 4 is 17.5 Å². The number of urea groups is 1. The number of ketones is 1. The van der Waals surface area contributed by atoms with Crippen molar-refractivity contribution in [2.45, 2.75) is 19.9 Å². The predicted octanol–water partition coefficient (Wildman–Crippen LogP) is 2.50. The molecule has 0 radical (unpaired) electrons. The minimum Gasteiger partial charge on any atom is -0.316 e. The number of carbonyl (C=O) groups excluding carboxylic acids is 2. The summed E-state index contributed by atoms with van der Waals surface area (Å²) in [5.74, 6) is -0.166. The SMILES string of the molecule is CC(=O)C1=C(C)N(C)C(=O)N(C)C1c1cccc([N+](=O)[O-])c1. The average Bonchev–Trinajstić information content (AvgIpc) is 2.48. The van der Waals surface area contributed by atoms with Gasteiger partial charge in [0.1, 0.15) is 0 Å². The van der Waals surface area contributed by atoms with Crippen LogP contribution in [0.4, 0.5) is 10.5 Å². The van der Waals surface area contributed by atoms with E-state index in [-0.39, 0.29) is 17.5 Å². The Morgan fingerprint density at radius 3 is 2.50 bits per heavy atom. The second-order valence-corrected chi connectivity index (χ2v) is 5.26. The third kappa shape index (κ3) is 2.45. The van der Waals surface area contributed by atoms with Gasteiger partial charge in [-0.15, -0.1) is 0 Å². The van der Waals surface area contributed by atoms with Gasteiger partial charge in [0.2, 0.25) is 0 Å². The van der Waals surface area contributed by atoms with Gasteiger partial charge in [-0.1, -0.05) is 12.1 Å². The Hall–Kier alpha value is -2.70. The second kappa shape index (κ2) is 5.59. The Bertz CT molecular complexity index is 696. The quantitative estimate of drug-likeness (QED) is 0.634. The lowest BCUT2D eigenvalue weighted by Crippen LogP contribution is -2.46. The average molecular weight is 303 g/mol. The molecule has 0 aliphatic carbocycles. The van der Waals surface area contributed by atoms with Gasteiger partial charge in [0, 0.05) is 37.5 Å². The number of hydrogen-bond donors (Lipinski definition) is 0. The number of likely N-dealkylation sites (N-methyl/N-ethyl adjacent to an activating group) is 1. The molecule has 0 aromatic heterocycles. The number of non-ortho nitro benzene ring substituents is 1. The molecule has 7 nitrogen and oxygen atoms in total. The number of rotatable bonds is 3. The number of carbonyl (C=O) groups is 2. The van der Waals surface area contributed by atoms with Crippen LogP contribution >= 0.6 is 0 Å². The molecule has 0 bridgehead atoms. The van der Waals surface area contributed by atoms with E-state index in [9.17, 15) is 19.7 Å². The highest BCUT2D eigenvalue weighted by Crippen LogP contribution is 2.36. The Labute approximate surface area is 128 Å². The summed E-state index contributed by atoms with van der Waals surface area (Å²) >= 11 is 0. The summed E-state index contributed by atoms with van der Waals surface area (Å²) in [7, 11) is 3.18. The molecule has 1 aromatic carbocycles. The summed E-state index contributed by atoms with van der Waals surface area (Å²) in [6, 6.07) is 5.13. The third-order valence-corrected chi connectivity index (χ3v) is 3.92.